The number of imidazole rings is 1. The Morgan fingerprint density at radius 3 is 2.86 bits per heavy atom. The number of thioether (sulfide) groups is 1. The molecule has 1 aliphatic rings. The van der Waals surface area contributed by atoms with Gasteiger partial charge in [0.15, 0.2) is 5.16 Å². The van der Waals surface area contributed by atoms with Crippen LogP contribution in [0.4, 0.5) is 0 Å². The minimum Gasteiger partial charge on any atom is -0.342 e. The summed E-state index contributed by atoms with van der Waals surface area (Å²) >= 11 is 1.42. The normalized spacial score (nSPS) is 18.0. The van der Waals surface area contributed by atoms with Crippen molar-refractivity contribution >= 4 is 38.7 Å². The van der Waals surface area contributed by atoms with Gasteiger partial charge in [0.1, 0.15) is 0 Å². The fourth-order valence-electron chi connectivity index (χ4n) is 3.54. The van der Waals surface area contributed by atoms with Crippen LogP contribution in [0.5, 0.6) is 0 Å². The predicted octanol–water partition coefficient (Wildman–Crippen LogP) is 2.83. The zero-order valence-electron chi connectivity index (χ0n) is 16.4. The lowest BCUT2D eigenvalue weighted by atomic mass is 10.0. The third-order valence-electron chi connectivity index (χ3n) is 5.08. The largest absolute Gasteiger partial charge is 0.342 e. The monoisotopic (exact) mass is 424 g/mol. The van der Waals surface area contributed by atoms with Gasteiger partial charge in [-0.05, 0) is 43.4 Å². The Morgan fingerprint density at radius 1 is 1.39 bits per heavy atom. The molecule has 2 N–H and O–H groups in total. The topological polar surface area (TPSA) is 98.3 Å². The molecule has 0 spiro atoms. The van der Waals surface area contributed by atoms with Crippen molar-refractivity contribution in [3.8, 4) is 0 Å². The minimum absolute atomic E-state index is 0.0510. The summed E-state index contributed by atoms with van der Waals surface area (Å²) in [6, 6.07) is 4.76. The summed E-state index contributed by atoms with van der Waals surface area (Å²) in [4.78, 5) is 19.2. The maximum absolute atomic E-state index is 12.6. The number of unbranched alkanes of at least 4 members (excludes halogenated alkanes) is 1. The maximum atomic E-state index is 12.6. The number of primary sulfonamides is 1. The van der Waals surface area contributed by atoms with Crippen molar-refractivity contribution in [2.24, 2.45) is 11.1 Å². The number of likely N-dealkylation sites (tertiary alicyclic amines) is 1. The van der Waals surface area contributed by atoms with Crippen molar-refractivity contribution in [3.05, 3.63) is 18.2 Å². The number of carbonyl (C=O) groups is 1. The Labute approximate surface area is 170 Å². The van der Waals surface area contributed by atoms with E-state index in [4.69, 9.17) is 5.14 Å². The summed E-state index contributed by atoms with van der Waals surface area (Å²) in [6.45, 7) is 6.72. The molecule has 1 saturated heterocycles. The van der Waals surface area contributed by atoms with Gasteiger partial charge in [0.05, 0.1) is 21.7 Å². The Hall–Kier alpha value is -1.58. The van der Waals surface area contributed by atoms with Gasteiger partial charge >= 0.3 is 0 Å². The van der Waals surface area contributed by atoms with Gasteiger partial charge in [-0.1, -0.05) is 32.0 Å². The Morgan fingerprint density at radius 2 is 2.18 bits per heavy atom. The molecule has 1 aliphatic heterocycles. The summed E-state index contributed by atoms with van der Waals surface area (Å²) in [5, 5.41) is 5.99. The average molecular weight is 425 g/mol. The first kappa shape index (κ1) is 21.1. The number of aryl methyl sites for hydroxylation is 1. The first-order valence-electron chi connectivity index (χ1n) is 9.73. The standard InChI is InChI=1S/C19H28N4O3S2/c1-3-4-10-23-17-8-7-15(28(20,25)26)11-16(17)21-19(23)27-13-18(24)22-9-5-6-14(2)12-22/h7-8,11,14H,3-6,9-10,12-13H2,1-2H3,(H2,20,25,26)/t14-/m1/s1. The van der Waals surface area contributed by atoms with Crippen LogP contribution in [0.25, 0.3) is 11.0 Å². The first-order chi connectivity index (χ1) is 13.3. The van der Waals surface area contributed by atoms with E-state index in [0.717, 1.165) is 49.6 Å². The molecule has 0 unspecified atom stereocenters. The summed E-state index contributed by atoms with van der Waals surface area (Å²) in [6.07, 6.45) is 4.25. The van der Waals surface area contributed by atoms with Crippen LogP contribution >= 0.6 is 11.8 Å². The Balaban J connectivity index is 1.83. The van der Waals surface area contributed by atoms with Gasteiger partial charge in [-0.2, -0.15) is 0 Å². The van der Waals surface area contributed by atoms with Crippen molar-refractivity contribution in [3.63, 3.8) is 0 Å². The molecule has 154 valence electrons. The van der Waals surface area contributed by atoms with Crippen LogP contribution in [0.15, 0.2) is 28.3 Å². The molecule has 1 fully saturated rings. The highest BCUT2D eigenvalue weighted by atomic mass is 32.2. The zero-order chi connectivity index (χ0) is 20.3. The lowest BCUT2D eigenvalue weighted by Crippen LogP contribution is -2.40. The number of aromatic nitrogens is 2. The smallest absolute Gasteiger partial charge is 0.238 e. The summed E-state index contributed by atoms with van der Waals surface area (Å²) in [7, 11) is -3.78. The number of sulfonamides is 1. The van der Waals surface area contributed by atoms with Crippen molar-refractivity contribution in [2.75, 3.05) is 18.8 Å². The van der Waals surface area contributed by atoms with E-state index >= 15 is 0 Å². The van der Waals surface area contributed by atoms with E-state index in [9.17, 15) is 13.2 Å². The fraction of sp³-hybridized carbons (Fsp3) is 0.579. The summed E-state index contributed by atoms with van der Waals surface area (Å²) < 4.78 is 25.4. The Kier molecular flexibility index (Phi) is 6.67. The molecule has 1 atom stereocenters. The van der Waals surface area contributed by atoms with Crippen LogP contribution in [0.3, 0.4) is 0 Å². The van der Waals surface area contributed by atoms with Crippen LogP contribution in [-0.4, -0.2) is 47.6 Å². The number of amides is 1. The number of piperidine rings is 1. The molecule has 3 rings (SSSR count). The van der Waals surface area contributed by atoms with Crippen LogP contribution in [0, 0.1) is 5.92 Å². The molecule has 2 heterocycles. The second kappa shape index (κ2) is 8.84. The number of hydrogen-bond acceptors (Lipinski definition) is 5. The van der Waals surface area contributed by atoms with Gasteiger partial charge in [0, 0.05) is 19.6 Å². The van der Waals surface area contributed by atoms with Gasteiger partial charge in [-0.3, -0.25) is 4.79 Å². The molecule has 1 aromatic carbocycles. The molecule has 0 saturated carbocycles. The van der Waals surface area contributed by atoms with Gasteiger partial charge in [0.25, 0.3) is 0 Å². The summed E-state index contributed by atoms with van der Waals surface area (Å²) in [5.74, 6) is 1.02. The number of benzene rings is 1. The molecule has 1 amide bonds. The summed E-state index contributed by atoms with van der Waals surface area (Å²) in [5.41, 5.74) is 1.45. The van der Waals surface area contributed by atoms with E-state index in [1.54, 1.807) is 6.07 Å². The lowest BCUT2D eigenvalue weighted by molar-refractivity contribution is -0.130. The molecule has 1 aromatic heterocycles. The van der Waals surface area contributed by atoms with E-state index in [1.165, 1.54) is 30.3 Å². The van der Waals surface area contributed by atoms with Gasteiger partial charge in [0.2, 0.25) is 15.9 Å². The number of carbonyl (C=O) groups excluding carboxylic acids is 1. The number of rotatable bonds is 7. The van der Waals surface area contributed by atoms with Crippen LogP contribution in [0.2, 0.25) is 0 Å². The van der Waals surface area contributed by atoms with E-state index in [2.05, 4.69) is 23.4 Å². The molecule has 0 bridgehead atoms. The van der Waals surface area contributed by atoms with E-state index < -0.39 is 10.0 Å². The quantitative estimate of drug-likeness (QED) is 0.689. The van der Waals surface area contributed by atoms with Crippen LogP contribution < -0.4 is 5.14 Å². The van der Waals surface area contributed by atoms with Crippen molar-refractivity contribution in [1.29, 1.82) is 0 Å². The van der Waals surface area contributed by atoms with Crippen molar-refractivity contribution in [1.82, 2.24) is 14.5 Å². The minimum atomic E-state index is -3.78. The zero-order valence-corrected chi connectivity index (χ0v) is 18.1. The van der Waals surface area contributed by atoms with Gasteiger partial charge in [-0.15, -0.1) is 0 Å². The van der Waals surface area contributed by atoms with E-state index in [0.29, 0.717) is 17.2 Å². The second-order valence-electron chi connectivity index (χ2n) is 7.47. The molecule has 7 nitrogen and oxygen atoms in total. The molecular formula is C19H28N4O3S2. The molecule has 2 aromatic rings. The van der Waals surface area contributed by atoms with Crippen molar-refractivity contribution in [2.45, 2.75) is 56.1 Å². The molecule has 9 heteroatoms. The maximum Gasteiger partial charge on any atom is 0.238 e. The van der Waals surface area contributed by atoms with Crippen LogP contribution in [-0.2, 0) is 21.4 Å². The predicted molar refractivity (Wildman–Crippen MR) is 112 cm³/mol. The second-order valence-corrected chi connectivity index (χ2v) is 9.97. The third-order valence-corrected chi connectivity index (χ3v) is 6.96. The van der Waals surface area contributed by atoms with E-state index in [1.807, 2.05) is 4.90 Å². The number of fused-ring (bicyclic) bond motifs is 1. The molecule has 28 heavy (non-hydrogen) atoms. The number of nitrogens with two attached hydrogens (primary N) is 1. The molecular weight excluding hydrogens is 396 g/mol. The van der Waals surface area contributed by atoms with Crippen molar-refractivity contribution < 1.29 is 13.2 Å². The average Bonchev–Trinajstić information content (AvgIpc) is 3.00. The highest BCUT2D eigenvalue weighted by Crippen LogP contribution is 2.27. The Bertz CT molecular complexity index is 955. The first-order valence-corrected chi connectivity index (χ1v) is 12.3. The van der Waals surface area contributed by atoms with Gasteiger partial charge < -0.3 is 9.47 Å². The SMILES string of the molecule is CCCCn1c(SCC(=O)N2CCC[C@@H](C)C2)nc2cc(S(N)(=O)=O)ccc21. The highest BCUT2D eigenvalue weighted by Gasteiger charge is 2.22. The van der Waals surface area contributed by atoms with Crippen LogP contribution in [0.1, 0.15) is 39.5 Å². The van der Waals surface area contributed by atoms with Gasteiger partial charge in [-0.25, -0.2) is 18.5 Å². The number of nitrogens with zero attached hydrogens (tertiary/aromatic N) is 3. The third kappa shape index (κ3) is 4.87. The molecule has 0 radical (unpaired) electrons. The highest BCUT2D eigenvalue weighted by molar-refractivity contribution is 7.99. The number of hydrogen-bond donors (Lipinski definition) is 1. The lowest BCUT2D eigenvalue weighted by Gasteiger charge is -2.30. The molecule has 0 aliphatic carbocycles. The fourth-order valence-corrected chi connectivity index (χ4v) is 5.02. The van der Waals surface area contributed by atoms with E-state index in [-0.39, 0.29) is 10.8 Å².